The summed E-state index contributed by atoms with van der Waals surface area (Å²) in [5, 5.41) is 1.40. The fourth-order valence-electron chi connectivity index (χ4n) is 3.20. The van der Waals surface area contributed by atoms with E-state index in [9.17, 15) is 0 Å². The largest absolute Gasteiger partial charge is 0.347 e. The van der Waals surface area contributed by atoms with Crippen LogP contribution < -0.4 is 5.73 Å². The van der Waals surface area contributed by atoms with Crippen molar-refractivity contribution in [3.8, 4) is 0 Å². The molecule has 3 heteroatoms. The van der Waals surface area contributed by atoms with Crippen molar-refractivity contribution < 1.29 is 0 Å². The van der Waals surface area contributed by atoms with Crippen LogP contribution in [0.15, 0.2) is 30.5 Å². The van der Waals surface area contributed by atoms with Gasteiger partial charge in [0.2, 0.25) is 0 Å². The lowest BCUT2D eigenvalue weighted by molar-refractivity contribution is 0.319. The third kappa shape index (κ3) is 2.40. The van der Waals surface area contributed by atoms with Crippen LogP contribution in [0.25, 0.3) is 10.9 Å². The number of likely N-dealkylation sites (tertiary alicyclic amines) is 1. The highest BCUT2D eigenvalue weighted by Gasteiger charge is 2.22. The first-order chi connectivity index (χ1) is 9.31. The Morgan fingerprint density at radius 1 is 1.32 bits per heavy atom. The minimum absolute atomic E-state index is 0.694. The van der Waals surface area contributed by atoms with Crippen molar-refractivity contribution in [2.45, 2.75) is 26.4 Å². The van der Waals surface area contributed by atoms with E-state index < -0.39 is 0 Å². The molecule has 0 radical (unpaired) electrons. The van der Waals surface area contributed by atoms with Gasteiger partial charge in [-0.1, -0.05) is 18.2 Å². The second-order valence-corrected chi connectivity index (χ2v) is 5.58. The summed E-state index contributed by atoms with van der Waals surface area (Å²) in [6, 6.07) is 8.72. The number of rotatable bonds is 4. The zero-order valence-corrected chi connectivity index (χ0v) is 11.7. The molecule has 1 aliphatic heterocycles. The topological polar surface area (TPSA) is 34.2 Å². The number of para-hydroxylation sites is 1. The number of hydrogen-bond acceptors (Lipinski definition) is 2. The molecular weight excluding hydrogens is 234 g/mol. The molecule has 1 aromatic carbocycles. The second-order valence-electron chi connectivity index (χ2n) is 5.58. The van der Waals surface area contributed by atoms with Crippen LogP contribution >= 0.6 is 0 Å². The SMILES string of the molecule is CCn1cc(CN2CCC(CN)C2)c2ccccc21. The van der Waals surface area contributed by atoms with E-state index in [4.69, 9.17) is 5.73 Å². The Balaban J connectivity index is 1.85. The normalized spacial score (nSPS) is 20.4. The molecule has 1 saturated heterocycles. The van der Waals surface area contributed by atoms with Gasteiger partial charge in [0.15, 0.2) is 0 Å². The number of fused-ring (bicyclic) bond motifs is 1. The maximum absolute atomic E-state index is 5.77. The van der Waals surface area contributed by atoms with Crippen LogP contribution in [0.2, 0.25) is 0 Å². The molecule has 2 N–H and O–H groups in total. The van der Waals surface area contributed by atoms with Crippen LogP contribution in [0.1, 0.15) is 18.9 Å². The van der Waals surface area contributed by atoms with E-state index in [0.29, 0.717) is 5.92 Å². The lowest BCUT2D eigenvalue weighted by Gasteiger charge is -2.14. The summed E-state index contributed by atoms with van der Waals surface area (Å²) in [5.74, 6) is 0.694. The van der Waals surface area contributed by atoms with E-state index in [1.165, 1.54) is 29.4 Å². The molecule has 3 nitrogen and oxygen atoms in total. The van der Waals surface area contributed by atoms with Crippen molar-refractivity contribution in [2.24, 2.45) is 11.7 Å². The fourth-order valence-corrected chi connectivity index (χ4v) is 3.20. The Bertz CT molecular complexity index is 558. The molecule has 102 valence electrons. The minimum atomic E-state index is 0.694. The van der Waals surface area contributed by atoms with E-state index >= 15 is 0 Å². The van der Waals surface area contributed by atoms with Crippen molar-refractivity contribution in [1.82, 2.24) is 9.47 Å². The molecule has 0 amide bonds. The molecule has 19 heavy (non-hydrogen) atoms. The molecule has 3 rings (SSSR count). The Kier molecular flexibility index (Phi) is 3.58. The van der Waals surface area contributed by atoms with E-state index in [0.717, 1.165) is 26.2 Å². The summed E-state index contributed by atoms with van der Waals surface area (Å²) >= 11 is 0. The number of nitrogens with zero attached hydrogens (tertiary/aromatic N) is 2. The lowest BCUT2D eigenvalue weighted by atomic mass is 10.1. The van der Waals surface area contributed by atoms with Crippen LogP contribution in [0.5, 0.6) is 0 Å². The number of hydrogen-bond donors (Lipinski definition) is 1. The summed E-state index contributed by atoms with van der Waals surface area (Å²) in [6.45, 7) is 7.47. The summed E-state index contributed by atoms with van der Waals surface area (Å²) in [4.78, 5) is 2.54. The highest BCUT2D eigenvalue weighted by molar-refractivity contribution is 5.83. The lowest BCUT2D eigenvalue weighted by Crippen LogP contribution is -2.22. The molecule has 1 aliphatic rings. The van der Waals surface area contributed by atoms with Gasteiger partial charge in [-0.15, -0.1) is 0 Å². The molecular formula is C16H23N3. The van der Waals surface area contributed by atoms with Crippen LogP contribution in [0.4, 0.5) is 0 Å². The molecule has 1 fully saturated rings. The number of aryl methyl sites for hydroxylation is 1. The average Bonchev–Trinajstić information content (AvgIpc) is 3.04. The van der Waals surface area contributed by atoms with Crippen molar-refractivity contribution in [3.63, 3.8) is 0 Å². The number of benzene rings is 1. The zero-order valence-electron chi connectivity index (χ0n) is 11.7. The number of nitrogens with two attached hydrogens (primary N) is 1. The van der Waals surface area contributed by atoms with E-state index in [1.807, 2.05) is 0 Å². The standard InChI is InChI=1S/C16H23N3/c1-2-19-12-14(15-5-3-4-6-16(15)19)11-18-8-7-13(9-17)10-18/h3-6,12-13H,2,7-11,17H2,1H3. The van der Waals surface area contributed by atoms with Gasteiger partial charge in [0.1, 0.15) is 0 Å². The maximum Gasteiger partial charge on any atom is 0.0483 e. The van der Waals surface area contributed by atoms with E-state index in [2.05, 4.69) is 46.9 Å². The van der Waals surface area contributed by atoms with E-state index in [-0.39, 0.29) is 0 Å². The summed E-state index contributed by atoms with van der Waals surface area (Å²) in [7, 11) is 0. The van der Waals surface area contributed by atoms with Gasteiger partial charge in [0.25, 0.3) is 0 Å². The first kappa shape index (κ1) is 12.7. The zero-order chi connectivity index (χ0) is 13.2. The fraction of sp³-hybridized carbons (Fsp3) is 0.500. The third-order valence-electron chi connectivity index (χ3n) is 4.31. The van der Waals surface area contributed by atoms with Crippen molar-refractivity contribution in [1.29, 1.82) is 0 Å². The molecule has 2 aromatic rings. The van der Waals surface area contributed by atoms with E-state index in [1.54, 1.807) is 0 Å². The van der Waals surface area contributed by atoms with Gasteiger partial charge in [0.05, 0.1) is 0 Å². The van der Waals surface area contributed by atoms with Gasteiger partial charge in [-0.2, -0.15) is 0 Å². The Morgan fingerprint density at radius 2 is 2.16 bits per heavy atom. The summed E-state index contributed by atoms with van der Waals surface area (Å²) < 4.78 is 2.35. The van der Waals surface area contributed by atoms with Crippen LogP contribution in [-0.4, -0.2) is 29.1 Å². The molecule has 0 aliphatic carbocycles. The third-order valence-corrected chi connectivity index (χ3v) is 4.31. The van der Waals surface area contributed by atoms with Crippen LogP contribution in [-0.2, 0) is 13.1 Å². The van der Waals surface area contributed by atoms with Gasteiger partial charge < -0.3 is 10.3 Å². The van der Waals surface area contributed by atoms with Gasteiger partial charge in [0, 0.05) is 36.7 Å². The molecule has 1 atom stereocenters. The maximum atomic E-state index is 5.77. The van der Waals surface area contributed by atoms with Gasteiger partial charge >= 0.3 is 0 Å². The first-order valence-electron chi connectivity index (χ1n) is 7.31. The van der Waals surface area contributed by atoms with Crippen LogP contribution in [0.3, 0.4) is 0 Å². The number of aromatic nitrogens is 1. The highest BCUT2D eigenvalue weighted by atomic mass is 15.1. The molecule has 1 aromatic heterocycles. The predicted octanol–water partition coefficient (Wildman–Crippen LogP) is 2.44. The molecule has 0 bridgehead atoms. The van der Waals surface area contributed by atoms with Crippen molar-refractivity contribution in [2.75, 3.05) is 19.6 Å². The Hall–Kier alpha value is -1.32. The van der Waals surface area contributed by atoms with Gasteiger partial charge in [-0.3, -0.25) is 4.90 Å². The smallest absolute Gasteiger partial charge is 0.0483 e. The predicted molar refractivity (Wildman–Crippen MR) is 80.1 cm³/mol. The van der Waals surface area contributed by atoms with Gasteiger partial charge in [-0.25, -0.2) is 0 Å². The van der Waals surface area contributed by atoms with Crippen molar-refractivity contribution in [3.05, 3.63) is 36.0 Å². The second kappa shape index (κ2) is 5.35. The quantitative estimate of drug-likeness (QED) is 0.913. The monoisotopic (exact) mass is 257 g/mol. The Labute approximate surface area is 115 Å². The molecule has 0 spiro atoms. The molecule has 0 saturated carbocycles. The first-order valence-corrected chi connectivity index (χ1v) is 7.31. The summed E-state index contributed by atoms with van der Waals surface area (Å²) in [5.41, 5.74) is 8.58. The van der Waals surface area contributed by atoms with Crippen LogP contribution in [0, 0.1) is 5.92 Å². The van der Waals surface area contributed by atoms with Gasteiger partial charge in [-0.05, 0) is 44.0 Å². The highest BCUT2D eigenvalue weighted by Crippen LogP contribution is 2.25. The average molecular weight is 257 g/mol. The Morgan fingerprint density at radius 3 is 2.89 bits per heavy atom. The molecule has 2 heterocycles. The van der Waals surface area contributed by atoms with Crippen molar-refractivity contribution >= 4 is 10.9 Å². The summed E-state index contributed by atoms with van der Waals surface area (Å²) in [6.07, 6.45) is 3.57. The minimum Gasteiger partial charge on any atom is -0.347 e. The molecule has 1 unspecified atom stereocenters.